The Bertz CT molecular complexity index is 699. The van der Waals surface area contributed by atoms with Gasteiger partial charge < -0.3 is 10.6 Å². The molecule has 1 fully saturated rings. The van der Waals surface area contributed by atoms with E-state index in [9.17, 15) is 4.79 Å². The lowest BCUT2D eigenvalue weighted by molar-refractivity contribution is 0.252. The molecule has 0 spiro atoms. The normalized spacial score (nSPS) is 15.8. The summed E-state index contributed by atoms with van der Waals surface area (Å²) in [4.78, 5) is 14.8. The molecule has 3 rings (SSSR count). The summed E-state index contributed by atoms with van der Waals surface area (Å²) < 4.78 is 3.98. The number of urea groups is 1. The molecule has 1 aromatic heterocycles. The Morgan fingerprint density at radius 3 is 2.86 bits per heavy atom. The number of anilines is 2. The lowest BCUT2D eigenvalue weighted by Crippen LogP contribution is -2.28. The van der Waals surface area contributed by atoms with E-state index in [4.69, 9.17) is 0 Å². The van der Waals surface area contributed by atoms with E-state index in [0.29, 0.717) is 13.1 Å². The summed E-state index contributed by atoms with van der Waals surface area (Å²) in [5, 5.41) is 10.4. The van der Waals surface area contributed by atoms with Gasteiger partial charge in [-0.15, -0.1) is 5.10 Å². The monoisotopic (exact) mass is 317 g/mol. The first-order valence-corrected chi connectivity index (χ1v) is 8.05. The Labute approximate surface area is 133 Å². The van der Waals surface area contributed by atoms with E-state index in [-0.39, 0.29) is 12.1 Å². The van der Waals surface area contributed by atoms with Gasteiger partial charge in [0.1, 0.15) is 0 Å². The van der Waals surface area contributed by atoms with Gasteiger partial charge in [-0.1, -0.05) is 10.6 Å². The number of aryl methyl sites for hydroxylation is 2. The van der Waals surface area contributed by atoms with Crippen LogP contribution in [0.2, 0.25) is 0 Å². The topological polar surface area (TPSA) is 70.2 Å². The second-order valence-electron chi connectivity index (χ2n) is 5.47. The van der Waals surface area contributed by atoms with Gasteiger partial charge >= 0.3 is 6.03 Å². The highest BCUT2D eigenvalue weighted by atomic mass is 32.1. The Kier molecular flexibility index (Phi) is 3.98. The molecule has 1 saturated heterocycles. The number of rotatable bonds is 4. The maximum atomic E-state index is 11.9. The maximum absolute atomic E-state index is 11.9. The number of benzene rings is 1. The molecule has 2 N–H and O–H groups in total. The highest BCUT2D eigenvalue weighted by Crippen LogP contribution is 2.29. The van der Waals surface area contributed by atoms with Gasteiger partial charge in [0.05, 0.1) is 22.3 Å². The predicted molar refractivity (Wildman–Crippen MR) is 88.6 cm³/mol. The third kappa shape index (κ3) is 2.76. The summed E-state index contributed by atoms with van der Waals surface area (Å²) >= 11 is 1.41. The summed E-state index contributed by atoms with van der Waals surface area (Å²) in [5.41, 5.74) is 3.98. The molecule has 0 aliphatic carbocycles. The molecular weight excluding hydrogens is 298 g/mol. The largest absolute Gasteiger partial charge is 0.378 e. The number of aromatic nitrogens is 2. The molecule has 22 heavy (non-hydrogen) atoms. The molecule has 1 aromatic carbocycles. The van der Waals surface area contributed by atoms with Crippen molar-refractivity contribution in [1.29, 1.82) is 0 Å². The SMILES string of the molecule is Cc1ccc(NC(C)c2snnc2C)cc1N1CCNC1=O. The third-order valence-corrected chi connectivity index (χ3v) is 4.83. The number of carbonyl (C=O) groups is 1. The van der Waals surface area contributed by atoms with Gasteiger partial charge in [0.2, 0.25) is 0 Å². The summed E-state index contributed by atoms with van der Waals surface area (Å²) in [6.45, 7) is 7.47. The molecule has 0 bridgehead atoms. The van der Waals surface area contributed by atoms with Crippen molar-refractivity contribution in [2.45, 2.75) is 26.8 Å². The van der Waals surface area contributed by atoms with Crippen molar-refractivity contribution in [3.63, 3.8) is 0 Å². The standard InChI is InChI=1S/C15H19N5OS/c1-9-4-5-12(8-13(9)20-7-6-16-15(20)21)17-10(2)14-11(3)18-19-22-14/h4-5,8,10,17H,6-7H2,1-3H3,(H,16,21). The van der Waals surface area contributed by atoms with Crippen LogP contribution in [0.3, 0.4) is 0 Å². The highest BCUT2D eigenvalue weighted by Gasteiger charge is 2.23. The van der Waals surface area contributed by atoms with E-state index < -0.39 is 0 Å². The molecule has 2 amide bonds. The van der Waals surface area contributed by atoms with Crippen LogP contribution in [0.25, 0.3) is 0 Å². The summed E-state index contributed by atoms with van der Waals surface area (Å²) in [6.07, 6.45) is 0. The lowest BCUT2D eigenvalue weighted by Gasteiger charge is -2.20. The van der Waals surface area contributed by atoms with Crippen LogP contribution >= 0.6 is 11.5 Å². The zero-order valence-corrected chi connectivity index (χ0v) is 13.7. The first-order valence-electron chi connectivity index (χ1n) is 7.27. The molecule has 2 aromatic rings. The fourth-order valence-electron chi connectivity index (χ4n) is 2.64. The zero-order chi connectivity index (χ0) is 15.7. The van der Waals surface area contributed by atoms with Gasteiger partial charge in [0, 0.05) is 18.8 Å². The first-order chi connectivity index (χ1) is 10.6. The van der Waals surface area contributed by atoms with E-state index in [1.807, 2.05) is 32.0 Å². The molecule has 116 valence electrons. The molecule has 1 unspecified atom stereocenters. The van der Waals surface area contributed by atoms with Crippen LogP contribution < -0.4 is 15.5 Å². The van der Waals surface area contributed by atoms with Crippen molar-refractivity contribution >= 4 is 28.9 Å². The van der Waals surface area contributed by atoms with Crippen LogP contribution in [-0.4, -0.2) is 28.7 Å². The van der Waals surface area contributed by atoms with Crippen LogP contribution in [0.5, 0.6) is 0 Å². The second-order valence-corrected chi connectivity index (χ2v) is 6.26. The van der Waals surface area contributed by atoms with Crippen molar-refractivity contribution in [3.05, 3.63) is 34.3 Å². The molecule has 1 aliphatic heterocycles. The average molecular weight is 317 g/mol. The molecule has 7 heteroatoms. The quantitative estimate of drug-likeness (QED) is 0.909. The Balaban J connectivity index is 1.83. The molecular formula is C15H19N5OS. The molecule has 0 radical (unpaired) electrons. The minimum absolute atomic E-state index is 0.0317. The van der Waals surface area contributed by atoms with Crippen LogP contribution in [0.4, 0.5) is 16.2 Å². The number of hydrogen-bond acceptors (Lipinski definition) is 5. The van der Waals surface area contributed by atoms with Crippen LogP contribution in [-0.2, 0) is 0 Å². The van der Waals surface area contributed by atoms with E-state index >= 15 is 0 Å². The van der Waals surface area contributed by atoms with Crippen molar-refractivity contribution < 1.29 is 4.79 Å². The van der Waals surface area contributed by atoms with Crippen molar-refractivity contribution in [2.75, 3.05) is 23.3 Å². The van der Waals surface area contributed by atoms with Crippen LogP contribution in [0.15, 0.2) is 18.2 Å². The third-order valence-electron chi connectivity index (χ3n) is 3.82. The number of hydrogen-bond donors (Lipinski definition) is 2. The summed E-state index contributed by atoms with van der Waals surface area (Å²) in [7, 11) is 0. The Morgan fingerprint density at radius 1 is 1.41 bits per heavy atom. The number of nitrogens with one attached hydrogen (secondary N) is 2. The van der Waals surface area contributed by atoms with Crippen LogP contribution in [0, 0.1) is 13.8 Å². The minimum Gasteiger partial charge on any atom is -0.378 e. The fourth-order valence-corrected chi connectivity index (χ4v) is 3.28. The number of nitrogens with zero attached hydrogens (tertiary/aromatic N) is 3. The molecule has 1 atom stereocenters. The van der Waals surface area contributed by atoms with Crippen molar-refractivity contribution in [2.24, 2.45) is 0 Å². The maximum Gasteiger partial charge on any atom is 0.322 e. The van der Waals surface area contributed by atoms with E-state index in [2.05, 4.69) is 27.1 Å². The number of amides is 2. The fraction of sp³-hybridized carbons (Fsp3) is 0.400. The smallest absolute Gasteiger partial charge is 0.322 e. The van der Waals surface area contributed by atoms with Gasteiger partial charge in [0.15, 0.2) is 0 Å². The first kappa shape index (κ1) is 14.8. The lowest BCUT2D eigenvalue weighted by atomic mass is 10.1. The second kappa shape index (κ2) is 5.92. The molecule has 6 nitrogen and oxygen atoms in total. The summed E-state index contributed by atoms with van der Waals surface area (Å²) in [5.74, 6) is 0. The highest BCUT2D eigenvalue weighted by molar-refractivity contribution is 7.05. The Hall–Kier alpha value is -2.15. The number of carbonyl (C=O) groups excluding carboxylic acids is 1. The van der Waals surface area contributed by atoms with Gasteiger partial charge in [-0.05, 0) is 50.0 Å². The minimum atomic E-state index is -0.0317. The zero-order valence-electron chi connectivity index (χ0n) is 12.9. The molecule has 0 saturated carbocycles. The molecule has 2 heterocycles. The predicted octanol–water partition coefficient (Wildman–Crippen LogP) is 2.86. The van der Waals surface area contributed by atoms with E-state index in [1.54, 1.807) is 4.90 Å². The summed E-state index contributed by atoms with van der Waals surface area (Å²) in [6, 6.07) is 6.19. The van der Waals surface area contributed by atoms with E-state index in [0.717, 1.165) is 27.5 Å². The van der Waals surface area contributed by atoms with Gasteiger partial charge in [-0.3, -0.25) is 4.90 Å². The van der Waals surface area contributed by atoms with Gasteiger partial charge in [-0.25, -0.2) is 4.79 Å². The van der Waals surface area contributed by atoms with Crippen molar-refractivity contribution in [1.82, 2.24) is 14.9 Å². The van der Waals surface area contributed by atoms with Gasteiger partial charge in [0.25, 0.3) is 0 Å². The van der Waals surface area contributed by atoms with Crippen molar-refractivity contribution in [3.8, 4) is 0 Å². The Morgan fingerprint density at radius 2 is 2.23 bits per heavy atom. The van der Waals surface area contributed by atoms with E-state index in [1.165, 1.54) is 11.5 Å². The molecule has 1 aliphatic rings. The average Bonchev–Trinajstić information content (AvgIpc) is 3.09. The van der Waals surface area contributed by atoms with Gasteiger partial charge in [-0.2, -0.15) is 0 Å². The van der Waals surface area contributed by atoms with Crippen LogP contribution in [0.1, 0.15) is 29.1 Å².